The van der Waals surface area contributed by atoms with E-state index in [4.69, 9.17) is 14.2 Å². The number of hydrogen-bond donors (Lipinski definition) is 1. The number of ether oxygens (including phenoxy) is 3. The molecule has 1 aromatic carbocycles. The van der Waals surface area contributed by atoms with Crippen molar-refractivity contribution in [2.24, 2.45) is 0 Å². The van der Waals surface area contributed by atoms with Crippen molar-refractivity contribution >= 4 is 0 Å². The van der Waals surface area contributed by atoms with Crippen LogP contribution in [-0.4, -0.2) is 34.4 Å². The summed E-state index contributed by atoms with van der Waals surface area (Å²) in [4.78, 5) is 0. The van der Waals surface area contributed by atoms with Crippen LogP contribution in [0.4, 0.5) is 0 Å². The van der Waals surface area contributed by atoms with Gasteiger partial charge in [0, 0.05) is 6.04 Å². The third kappa shape index (κ3) is 2.78. The minimum Gasteiger partial charge on any atom is -0.493 e. The summed E-state index contributed by atoms with van der Waals surface area (Å²) in [6, 6.07) is 4.76. The molecule has 0 radical (unpaired) electrons. The summed E-state index contributed by atoms with van der Waals surface area (Å²) in [5, 5.41) is 3.36. The molecule has 0 amide bonds. The number of hydrogen-bond acceptors (Lipinski definition) is 4. The zero-order valence-corrected chi connectivity index (χ0v) is 12.2. The van der Waals surface area contributed by atoms with E-state index in [1.807, 2.05) is 7.05 Å². The maximum Gasteiger partial charge on any atom is 0.203 e. The number of rotatable bonds is 5. The molecule has 106 valence electrons. The Kier molecular flexibility index (Phi) is 4.53. The van der Waals surface area contributed by atoms with Gasteiger partial charge in [0.05, 0.1) is 21.3 Å². The topological polar surface area (TPSA) is 39.7 Å². The molecule has 19 heavy (non-hydrogen) atoms. The average molecular weight is 265 g/mol. The van der Waals surface area contributed by atoms with Crippen molar-refractivity contribution in [1.82, 2.24) is 5.32 Å². The Labute approximate surface area is 115 Å². The highest BCUT2D eigenvalue weighted by atomic mass is 16.5. The Morgan fingerprint density at radius 2 is 1.63 bits per heavy atom. The second kappa shape index (κ2) is 6.15. The van der Waals surface area contributed by atoms with E-state index in [2.05, 4.69) is 17.4 Å². The van der Waals surface area contributed by atoms with Gasteiger partial charge in [-0.1, -0.05) is 0 Å². The molecule has 1 aliphatic rings. The van der Waals surface area contributed by atoms with Gasteiger partial charge in [-0.25, -0.2) is 0 Å². The molecule has 4 heteroatoms. The predicted molar refractivity (Wildman–Crippen MR) is 75.5 cm³/mol. The predicted octanol–water partition coefficient (Wildman–Crippen LogP) is 2.57. The summed E-state index contributed by atoms with van der Waals surface area (Å²) in [6.45, 7) is 0. The van der Waals surface area contributed by atoms with Crippen molar-refractivity contribution in [3.8, 4) is 17.2 Å². The van der Waals surface area contributed by atoms with Crippen LogP contribution in [0, 0.1) is 0 Å². The summed E-state index contributed by atoms with van der Waals surface area (Å²) in [6.07, 6.45) is 3.58. The van der Waals surface area contributed by atoms with Gasteiger partial charge < -0.3 is 19.5 Å². The van der Waals surface area contributed by atoms with Crippen LogP contribution in [0.25, 0.3) is 0 Å². The lowest BCUT2D eigenvalue weighted by molar-refractivity contribution is 0.323. The molecule has 2 atom stereocenters. The highest BCUT2D eigenvalue weighted by Gasteiger charge is 2.26. The Bertz CT molecular complexity index is 408. The van der Waals surface area contributed by atoms with Crippen LogP contribution in [0.15, 0.2) is 12.1 Å². The highest BCUT2D eigenvalue weighted by molar-refractivity contribution is 5.54. The second-order valence-corrected chi connectivity index (χ2v) is 4.95. The van der Waals surface area contributed by atoms with E-state index in [0.29, 0.717) is 17.7 Å². The van der Waals surface area contributed by atoms with Crippen LogP contribution in [0.1, 0.15) is 30.7 Å². The smallest absolute Gasteiger partial charge is 0.203 e. The van der Waals surface area contributed by atoms with Crippen LogP contribution >= 0.6 is 0 Å². The van der Waals surface area contributed by atoms with Gasteiger partial charge in [0.15, 0.2) is 11.5 Å². The maximum atomic E-state index is 5.41. The molecule has 2 unspecified atom stereocenters. The number of methoxy groups -OCH3 is 3. The number of benzene rings is 1. The molecule has 0 spiro atoms. The van der Waals surface area contributed by atoms with E-state index < -0.39 is 0 Å². The van der Waals surface area contributed by atoms with Crippen molar-refractivity contribution in [2.45, 2.75) is 31.2 Å². The van der Waals surface area contributed by atoms with E-state index in [9.17, 15) is 0 Å². The first-order chi connectivity index (χ1) is 9.23. The Morgan fingerprint density at radius 3 is 2.05 bits per heavy atom. The van der Waals surface area contributed by atoms with Gasteiger partial charge in [-0.05, 0) is 49.9 Å². The van der Waals surface area contributed by atoms with E-state index in [-0.39, 0.29) is 0 Å². The zero-order chi connectivity index (χ0) is 13.8. The normalized spacial score (nSPS) is 22.3. The molecular formula is C15H23NO3. The fraction of sp³-hybridized carbons (Fsp3) is 0.600. The molecule has 1 saturated carbocycles. The monoisotopic (exact) mass is 265 g/mol. The standard InChI is InChI=1S/C15H23NO3/c1-16-12-6-5-10(7-12)11-8-13(17-2)15(19-4)14(9-11)18-3/h8-10,12,16H,5-7H2,1-4H3. The molecule has 1 aromatic rings. The SMILES string of the molecule is CNC1CCC(c2cc(OC)c(OC)c(OC)c2)C1. The van der Waals surface area contributed by atoms with Crippen LogP contribution in [0.5, 0.6) is 17.2 Å². The fourth-order valence-corrected chi connectivity index (χ4v) is 2.88. The van der Waals surface area contributed by atoms with Crippen LogP contribution in [-0.2, 0) is 0 Å². The average Bonchev–Trinajstić information content (AvgIpc) is 2.94. The summed E-state index contributed by atoms with van der Waals surface area (Å²) in [5.41, 5.74) is 1.27. The summed E-state index contributed by atoms with van der Waals surface area (Å²) < 4.78 is 16.2. The van der Waals surface area contributed by atoms with Gasteiger partial charge >= 0.3 is 0 Å². The third-order valence-electron chi connectivity index (χ3n) is 4.00. The molecule has 0 aliphatic heterocycles. The minimum atomic E-state index is 0.561. The van der Waals surface area contributed by atoms with Crippen LogP contribution in [0.3, 0.4) is 0 Å². The van der Waals surface area contributed by atoms with Gasteiger partial charge in [0.1, 0.15) is 0 Å². The Morgan fingerprint density at radius 1 is 1.00 bits per heavy atom. The first-order valence-electron chi connectivity index (χ1n) is 6.70. The maximum absolute atomic E-state index is 5.41. The van der Waals surface area contributed by atoms with E-state index in [0.717, 1.165) is 17.9 Å². The summed E-state index contributed by atoms with van der Waals surface area (Å²) in [5.74, 6) is 2.71. The van der Waals surface area contributed by atoms with Crippen LogP contribution < -0.4 is 19.5 Å². The van der Waals surface area contributed by atoms with Gasteiger partial charge in [-0.2, -0.15) is 0 Å². The van der Waals surface area contributed by atoms with Gasteiger partial charge in [0.2, 0.25) is 5.75 Å². The van der Waals surface area contributed by atoms with E-state index in [1.54, 1.807) is 21.3 Å². The van der Waals surface area contributed by atoms with Gasteiger partial charge in [0.25, 0.3) is 0 Å². The quantitative estimate of drug-likeness (QED) is 0.888. The molecule has 0 saturated heterocycles. The van der Waals surface area contributed by atoms with Crippen molar-refractivity contribution in [3.63, 3.8) is 0 Å². The summed E-state index contributed by atoms with van der Waals surface area (Å²) >= 11 is 0. The lowest BCUT2D eigenvalue weighted by Crippen LogP contribution is -2.21. The van der Waals surface area contributed by atoms with Crippen molar-refractivity contribution in [3.05, 3.63) is 17.7 Å². The molecular weight excluding hydrogens is 242 g/mol. The van der Waals surface area contributed by atoms with Crippen molar-refractivity contribution in [2.75, 3.05) is 28.4 Å². The lowest BCUT2D eigenvalue weighted by atomic mass is 9.96. The van der Waals surface area contributed by atoms with Gasteiger partial charge in [-0.3, -0.25) is 0 Å². The highest BCUT2D eigenvalue weighted by Crippen LogP contribution is 2.43. The third-order valence-corrected chi connectivity index (χ3v) is 4.00. The van der Waals surface area contributed by atoms with E-state index >= 15 is 0 Å². The fourth-order valence-electron chi connectivity index (χ4n) is 2.88. The molecule has 1 aliphatic carbocycles. The Hall–Kier alpha value is -1.42. The summed E-state index contributed by atoms with van der Waals surface area (Å²) in [7, 11) is 6.98. The minimum absolute atomic E-state index is 0.561. The van der Waals surface area contributed by atoms with Crippen molar-refractivity contribution < 1.29 is 14.2 Å². The molecule has 1 fully saturated rings. The molecule has 0 aromatic heterocycles. The van der Waals surface area contributed by atoms with Gasteiger partial charge in [-0.15, -0.1) is 0 Å². The zero-order valence-electron chi connectivity index (χ0n) is 12.2. The molecule has 4 nitrogen and oxygen atoms in total. The van der Waals surface area contributed by atoms with Crippen molar-refractivity contribution in [1.29, 1.82) is 0 Å². The number of nitrogens with one attached hydrogen (secondary N) is 1. The first kappa shape index (κ1) is 14.0. The lowest BCUT2D eigenvalue weighted by Gasteiger charge is -2.17. The Balaban J connectivity index is 2.31. The molecule has 2 rings (SSSR count). The molecule has 0 heterocycles. The molecule has 0 bridgehead atoms. The second-order valence-electron chi connectivity index (χ2n) is 4.95. The molecule has 1 N–H and O–H groups in total. The van der Waals surface area contributed by atoms with E-state index in [1.165, 1.54) is 18.4 Å². The van der Waals surface area contributed by atoms with Crippen LogP contribution in [0.2, 0.25) is 0 Å². The largest absolute Gasteiger partial charge is 0.493 e. The first-order valence-corrected chi connectivity index (χ1v) is 6.70.